The number of carbonyl (C=O) groups is 1. The first kappa shape index (κ1) is 11.4. The molecule has 3 N–H and O–H groups in total. The summed E-state index contributed by atoms with van der Waals surface area (Å²) in [4.78, 5) is 15.8. The standard InChI is InChI=1S/C11H10N2O3S/c12-7-4-9(11(14)15)10(13-5-7)16-6-8-2-1-3-17-8/h1-5H,6,12H2,(H,14,15). The van der Waals surface area contributed by atoms with E-state index in [-0.39, 0.29) is 11.4 Å². The van der Waals surface area contributed by atoms with Gasteiger partial charge in [-0.1, -0.05) is 6.07 Å². The number of aromatic carboxylic acids is 1. The SMILES string of the molecule is Nc1cnc(OCc2cccs2)c(C(=O)O)c1. The van der Waals surface area contributed by atoms with Crippen molar-refractivity contribution in [2.24, 2.45) is 0 Å². The van der Waals surface area contributed by atoms with Crippen molar-refractivity contribution in [3.05, 3.63) is 40.2 Å². The normalized spacial score (nSPS) is 10.1. The van der Waals surface area contributed by atoms with Gasteiger partial charge < -0.3 is 15.6 Å². The molecule has 6 heteroatoms. The molecule has 5 nitrogen and oxygen atoms in total. The number of nitrogen functional groups attached to an aromatic ring is 1. The van der Waals surface area contributed by atoms with Crippen molar-refractivity contribution in [2.75, 3.05) is 5.73 Å². The molecule has 0 aromatic carbocycles. The summed E-state index contributed by atoms with van der Waals surface area (Å²) in [5.41, 5.74) is 5.75. The second-order valence-electron chi connectivity index (χ2n) is 3.29. The molecule has 0 unspecified atom stereocenters. The summed E-state index contributed by atoms with van der Waals surface area (Å²) in [6.45, 7) is 0.300. The number of hydrogen-bond acceptors (Lipinski definition) is 5. The Hall–Kier alpha value is -2.08. The highest BCUT2D eigenvalue weighted by molar-refractivity contribution is 7.09. The highest BCUT2D eigenvalue weighted by atomic mass is 32.1. The van der Waals surface area contributed by atoms with E-state index in [1.54, 1.807) is 0 Å². The first-order chi connectivity index (χ1) is 8.16. The molecule has 2 rings (SSSR count). The summed E-state index contributed by atoms with van der Waals surface area (Å²) in [5.74, 6) is -1.02. The molecule has 17 heavy (non-hydrogen) atoms. The fraction of sp³-hybridized carbons (Fsp3) is 0.0909. The molecule has 2 aromatic rings. The summed E-state index contributed by atoms with van der Waals surface area (Å²) in [6, 6.07) is 5.14. The lowest BCUT2D eigenvalue weighted by atomic mass is 10.2. The predicted octanol–water partition coefficient (Wildman–Crippen LogP) is 2.00. The smallest absolute Gasteiger partial charge is 0.341 e. The summed E-state index contributed by atoms with van der Waals surface area (Å²) < 4.78 is 5.36. The highest BCUT2D eigenvalue weighted by Gasteiger charge is 2.13. The van der Waals surface area contributed by atoms with Gasteiger partial charge in [0.15, 0.2) is 0 Å². The van der Waals surface area contributed by atoms with E-state index >= 15 is 0 Å². The van der Waals surface area contributed by atoms with E-state index in [1.165, 1.54) is 23.6 Å². The number of carboxylic acid groups (broad SMARTS) is 1. The van der Waals surface area contributed by atoms with Crippen molar-refractivity contribution in [1.82, 2.24) is 4.98 Å². The Labute approximate surface area is 101 Å². The summed E-state index contributed by atoms with van der Waals surface area (Å²) in [6.07, 6.45) is 1.37. The van der Waals surface area contributed by atoms with Crippen LogP contribution in [0.25, 0.3) is 0 Å². The summed E-state index contributed by atoms with van der Waals surface area (Å²) in [5, 5.41) is 10.9. The summed E-state index contributed by atoms with van der Waals surface area (Å²) >= 11 is 1.53. The third kappa shape index (κ3) is 2.73. The number of hydrogen-bond donors (Lipinski definition) is 2. The van der Waals surface area contributed by atoms with Gasteiger partial charge >= 0.3 is 5.97 Å². The number of ether oxygens (including phenoxy) is 1. The maximum atomic E-state index is 11.0. The molecule has 0 bridgehead atoms. The minimum atomic E-state index is -1.11. The van der Waals surface area contributed by atoms with E-state index in [0.29, 0.717) is 12.3 Å². The zero-order valence-corrected chi connectivity index (χ0v) is 9.61. The fourth-order valence-electron chi connectivity index (χ4n) is 1.27. The molecule has 2 heterocycles. The van der Waals surface area contributed by atoms with Crippen LogP contribution in [-0.4, -0.2) is 16.1 Å². The van der Waals surface area contributed by atoms with Gasteiger partial charge in [-0.25, -0.2) is 9.78 Å². The predicted molar refractivity (Wildman–Crippen MR) is 64.3 cm³/mol. The second-order valence-corrected chi connectivity index (χ2v) is 4.33. The average molecular weight is 250 g/mol. The maximum absolute atomic E-state index is 11.0. The number of rotatable bonds is 4. The van der Waals surface area contributed by atoms with Crippen molar-refractivity contribution in [2.45, 2.75) is 6.61 Å². The third-order valence-corrected chi connectivity index (χ3v) is 2.88. The topological polar surface area (TPSA) is 85.4 Å². The van der Waals surface area contributed by atoms with E-state index in [0.717, 1.165) is 4.88 Å². The van der Waals surface area contributed by atoms with Gasteiger partial charge in [0.1, 0.15) is 12.2 Å². The van der Waals surface area contributed by atoms with Crippen molar-refractivity contribution in [1.29, 1.82) is 0 Å². The molecule has 0 fully saturated rings. The molecule has 0 aliphatic carbocycles. The quantitative estimate of drug-likeness (QED) is 0.866. The molecular formula is C11H10N2O3S. The van der Waals surface area contributed by atoms with Crippen molar-refractivity contribution in [3.63, 3.8) is 0 Å². The molecule has 0 amide bonds. The number of nitrogens with two attached hydrogens (primary N) is 1. The van der Waals surface area contributed by atoms with Crippen molar-refractivity contribution in [3.8, 4) is 5.88 Å². The molecule has 0 spiro atoms. The lowest BCUT2D eigenvalue weighted by molar-refractivity contribution is 0.0690. The Morgan fingerprint density at radius 1 is 1.59 bits per heavy atom. The van der Waals surface area contributed by atoms with Crippen LogP contribution >= 0.6 is 11.3 Å². The van der Waals surface area contributed by atoms with E-state index in [9.17, 15) is 4.79 Å². The number of thiophene rings is 1. The molecule has 2 aromatic heterocycles. The number of pyridine rings is 1. The van der Waals surface area contributed by atoms with Gasteiger partial charge in [-0.2, -0.15) is 0 Å². The summed E-state index contributed by atoms with van der Waals surface area (Å²) in [7, 11) is 0. The monoisotopic (exact) mass is 250 g/mol. The van der Waals surface area contributed by atoms with Gasteiger partial charge in [-0.05, 0) is 17.5 Å². The first-order valence-corrected chi connectivity index (χ1v) is 5.69. The Balaban J connectivity index is 2.17. The number of anilines is 1. The Morgan fingerprint density at radius 2 is 2.41 bits per heavy atom. The van der Waals surface area contributed by atoms with Crippen LogP contribution < -0.4 is 10.5 Å². The lowest BCUT2D eigenvalue weighted by Gasteiger charge is -2.07. The van der Waals surface area contributed by atoms with Gasteiger partial charge in [0, 0.05) is 4.88 Å². The van der Waals surface area contributed by atoms with Crippen LogP contribution in [0, 0.1) is 0 Å². The van der Waals surface area contributed by atoms with Gasteiger partial charge in [0.25, 0.3) is 0 Å². The Bertz CT molecular complexity index is 526. The van der Waals surface area contributed by atoms with Crippen LogP contribution in [0.2, 0.25) is 0 Å². The highest BCUT2D eigenvalue weighted by Crippen LogP contribution is 2.20. The average Bonchev–Trinajstić information content (AvgIpc) is 2.80. The van der Waals surface area contributed by atoms with Gasteiger partial charge in [0.05, 0.1) is 11.9 Å². The molecule has 0 aliphatic rings. The number of nitrogens with zero attached hydrogens (tertiary/aromatic N) is 1. The molecule has 0 saturated carbocycles. The number of carboxylic acids is 1. The number of aromatic nitrogens is 1. The van der Waals surface area contributed by atoms with Gasteiger partial charge in [0.2, 0.25) is 5.88 Å². The third-order valence-electron chi connectivity index (χ3n) is 2.03. The molecule has 0 atom stereocenters. The zero-order valence-electron chi connectivity index (χ0n) is 8.79. The second kappa shape index (κ2) is 4.84. The lowest BCUT2D eigenvalue weighted by Crippen LogP contribution is -2.05. The Kier molecular flexibility index (Phi) is 3.24. The molecule has 0 radical (unpaired) electrons. The maximum Gasteiger partial charge on any atom is 0.341 e. The first-order valence-electron chi connectivity index (χ1n) is 4.81. The minimum Gasteiger partial charge on any atom is -0.477 e. The van der Waals surface area contributed by atoms with Crippen LogP contribution in [0.4, 0.5) is 5.69 Å². The van der Waals surface area contributed by atoms with Crippen molar-refractivity contribution < 1.29 is 14.6 Å². The van der Waals surface area contributed by atoms with Gasteiger partial charge in [-0.3, -0.25) is 0 Å². The van der Waals surface area contributed by atoms with E-state index in [2.05, 4.69) is 4.98 Å². The van der Waals surface area contributed by atoms with Crippen molar-refractivity contribution >= 4 is 23.0 Å². The van der Waals surface area contributed by atoms with Crippen LogP contribution in [0.3, 0.4) is 0 Å². The molecule has 88 valence electrons. The van der Waals surface area contributed by atoms with E-state index in [1.807, 2.05) is 17.5 Å². The van der Waals surface area contributed by atoms with E-state index in [4.69, 9.17) is 15.6 Å². The zero-order chi connectivity index (χ0) is 12.3. The molecule has 0 saturated heterocycles. The van der Waals surface area contributed by atoms with E-state index < -0.39 is 5.97 Å². The largest absolute Gasteiger partial charge is 0.477 e. The molecule has 0 aliphatic heterocycles. The van der Waals surface area contributed by atoms with Crippen LogP contribution in [0.1, 0.15) is 15.2 Å². The fourth-order valence-corrected chi connectivity index (χ4v) is 1.89. The van der Waals surface area contributed by atoms with Gasteiger partial charge in [-0.15, -0.1) is 11.3 Å². The van der Waals surface area contributed by atoms with Crippen LogP contribution in [0.5, 0.6) is 5.88 Å². The minimum absolute atomic E-state index is 0.0263. The molecular weight excluding hydrogens is 240 g/mol. The van der Waals surface area contributed by atoms with Crippen LogP contribution in [0.15, 0.2) is 29.8 Å². The van der Waals surface area contributed by atoms with Crippen LogP contribution in [-0.2, 0) is 6.61 Å². The Morgan fingerprint density at radius 3 is 3.06 bits per heavy atom.